The fourth-order valence-corrected chi connectivity index (χ4v) is 3.18. The van der Waals surface area contributed by atoms with Gasteiger partial charge in [-0.2, -0.15) is 0 Å². The van der Waals surface area contributed by atoms with E-state index in [9.17, 15) is 14.9 Å². The second kappa shape index (κ2) is 6.67. The Kier molecular flexibility index (Phi) is 5.13. The lowest BCUT2D eigenvalue weighted by Gasteiger charge is -2.09. The van der Waals surface area contributed by atoms with Gasteiger partial charge < -0.3 is 5.32 Å². The largest absolute Gasteiger partial charge is 0.320 e. The first-order valence-corrected chi connectivity index (χ1v) is 7.97. The summed E-state index contributed by atoms with van der Waals surface area (Å²) in [5.74, 6) is -0.432. The molecule has 0 saturated carbocycles. The summed E-state index contributed by atoms with van der Waals surface area (Å²) in [5.41, 5.74) is 0.606. The Labute approximate surface area is 145 Å². The summed E-state index contributed by atoms with van der Waals surface area (Å²) in [6.07, 6.45) is 0. The van der Waals surface area contributed by atoms with E-state index in [1.54, 1.807) is 12.1 Å². The number of hydrogen-bond donors (Lipinski definition) is 1. The van der Waals surface area contributed by atoms with Gasteiger partial charge in [0, 0.05) is 20.6 Å². The van der Waals surface area contributed by atoms with Crippen molar-refractivity contribution in [2.24, 2.45) is 0 Å². The van der Waals surface area contributed by atoms with Gasteiger partial charge in [-0.05, 0) is 72.1 Å². The Hall–Kier alpha value is -1.25. The number of hydrogen-bond acceptors (Lipinski definition) is 3. The molecule has 108 valence electrons. The van der Waals surface area contributed by atoms with Gasteiger partial charge in [-0.3, -0.25) is 14.9 Å². The van der Waals surface area contributed by atoms with Crippen LogP contribution in [-0.2, 0) is 0 Å². The molecule has 0 heterocycles. The van der Waals surface area contributed by atoms with E-state index in [1.807, 2.05) is 6.07 Å². The number of nitro benzene ring substituents is 1. The molecule has 0 aliphatic carbocycles. The van der Waals surface area contributed by atoms with Gasteiger partial charge in [0.25, 0.3) is 11.6 Å². The third-order valence-corrected chi connectivity index (χ3v) is 4.60. The lowest BCUT2D eigenvalue weighted by molar-refractivity contribution is -0.385. The fraction of sp³-hybridized carbons (Fsp3) is 0. The van der Waals surface area contributed by atoms with E-state index in [0.29, 0.717) is 19.1 Å². The minimum absolute atomic E-state index is 0.158. The zero-order valence-electron chi connectivity index (χ0n) is 10.3. The molecule has 8 heteroatoms. The minimum Gasteiger partial charge on any atom is -0.320 e. The number of nitro groups is 1. The molecule has 5 nitrogen and oxygen atoms in total. The number of nitrogens with one attached hydrogen (secondary N) is 1. The van der Waals surface area contributed by atoms with Crippen molar-refractivity contribution in [1.82, 2.24) is 0 Å². The van der Waals surface area contributed by atoms with Crippen molar-refractivity contribution in [1.29, 1.82) is 0 Å². The lowest BCUT2D eigenvalue weighted by atomic mass is 10.2. The van der Waals surface area contributed by atoms with Crippen LogP contribution in [0.1, 0.15) is 10.4 Å². The van der Waals surface area contributed by atoms with Crippen LogP contribution in [0.25, 0.3) is 0 Å². The summed E-state index contributed by atoms with van der Waals surface area (Å²) in [6.45, 7) is 0. The average molecular weight is 479 g/mol. The van der Waals surface area contributed by atoms with Gasteiger partial charge in [0.2, 0.25) is 0 Å². The molecule has 21 heavy (non-hydrogen) atoms. The lowest BCUT2D eigenvalue weighted by Crippen LogP contribution is -2.13. The Balaban J connectivity index is 2.33. The van der Waals surface area contributed by atoms with Gasteiger partial charge in [-0.15, -0.1) is 0 Å². The molecule has 1 N–H and O–H groups in total. The first-order valence-electron chi connectivity index (χ1n) is 5.59. The molecule has 2 aromatic carbocycles. The van der Waals surface area contributed by atoms with Crippen LogP contribution in [0.2, 0.25) is 0 Å². The van der Waals surface area contributed by atoms with Crippen LogP contribution >= 0.6 is 47.8 Å². The molecule has 2 aromatic rings. The highest BCUT2D eigenvalue weighted by Crippen LogP contribution is 2.31. The number of para-hydroxylation sites is 1. The van der Waals surface area contributed by atoms with Crippen molar-refractivity contribution in [2.45, 2.75) is 0 Å². The molecule has 0 radical (unpaired) electrons. The number of carbonyl (C=O) groups excluding carboxylic acids is 1. The van der Waals surface area contributed by atoms with Crippen LogP contribution in [-0.4, -0.2) is 10.8 Å². The van der Waals surface area contributed by atoms with Gasteiger partial charge in [-0.1, -0.05) is 6.07 Å². The number of anilines is 1. The van der Waals surface area contributed by atoms with Crippen LogP contribution in [0.3, 0.4) is 0 Å². The van der Waals surface area contributed by atoms with Crippen molar-refractivity contribution in [3.05, 3.63) is 65.5 Å². The van der Waals surface area contributed by atoms with E-state index in [4.69, 9.17) is 0 Å². The topological polar surface area (TPSA) is 72.2 Å². The summed E-state index contributed by atoms with van der Waals surface area (Å²) < 4.78 is 1.74. The Morgan fingerprint density at radius 1 is 1.05 bits per heavy atom. The maximum atomic E-state index is 12.2. The van der Waals surface area contributed by atoms with E-state index >= 15 is 0 Å². The third kappa shape index (κ3) is 3.69. The van der Waals surface area contributed by atoms with Crippen molar-refractivity contribution < 1.29 is 9.72 Å². The number of rotatable bonds is 3. The second-order valence-electron chi connectivity index (χ2n) is 3.97. The first kappa shape index (κ1) is 16.1. The van der Waals surface area contributed by atoms with Crippen molar-refractivity contribution in [3.8, 4) is 0 Å². The fourth-order valence-electron chi connectivity index (χ4n) is 1.60. The van der Waals surface area contributed by atoms with Crippen molar-refractivity contribution >= 4 is 65.1 Å². The number of nitrogens with zero attached hydrogens (tertiary/aromatic N) is 1. The highest BCUT2D eigenvalue weighted by molar-refractivity contribution is 9.11. The normalized spacial score (nSPS) is 10.2. The van der Waals surface area contributed by atoms with E-state index in [0.717, 1.165) is 0 Å². The Bertz CT molecular complexity index is 714. The maximum absolute atomic E-state index is 12.2. The molecule has 0 atom stereocenters. The summed E-state index contributed by atoms with van der Waals surface area (Å²) >= 11 is 9.76. The van der Waals surface area contributed by atoms with Crippen molar-refractivity contribution in [3.63, 3.8) is 0 Å². The SMILES string of the molecule is O=C(Nc1c(Br)cccc1Br)c1ccc(Br)c([N+](=O)[O-])c1. The molecule has 0 unspecified atom stereocenters. The van der Waals surface area contributed by atoms with Crippen LogP contribution in [0, 0.1) is 10.1 Å². The smallest absolute Gasteiger partial charge is 0.284 e. The van der Waals surface area contributed by atoms with Gasteiger partial charge in [0.05, 0.1) is 15.1 Å². The van der Waals surface area contributed by atoms with Gasteiger partial charge >= 0.3 is 0 Å². The molecule has 1 amide bonds. The van der Waals surface area contributed by atoms with E-state index in [1.165, 1.54) is 18.2 Å². The molecule has 0 spiro atoms. The van der Waals surface area contributed by atoms with Gasteiger partial charge in [-0.25, -0.2) is 0 Å². The summed E-state index contributed by atoms with van der Waals surface area (Å²) in [5, 5.41) is 13.6. The average Bonchev–Trinajstić information content (AvgIpc) is 2.43. The van der Waals surface area contributed by atoms with Gasteiger partial charge in [0.1, 0.15) is 0 Å². The number of amides is 1. The molecule has 0 saturated heterocycles. The molecular formula is C13H7Br3N2O3. The maximum Gasteiger partial charge on any atom is 0.284 e. The van der Waals surface area contributed by atoms with Crippen LogP contribution in [0.15, 0.2) is 49.8 Å². The van der Waals surface area contributed by atoms with Crippen LogP contribution < -0.4 is 5.32 Å². The first-order chi connectivity index (χ1) is 9.90. The molecular weight excluding hydrogens is 472 g/mol. The second-order valence-corrected chi connectivity index (χ2v) is 6.54. The molecule has 0 bridgehead atoms. The highest BCUT2D eigenvalue weighted by atomic mass is 79.9. The highest BCUT2D eigenvalue weighted by Gasteiger charge is 2.17. The number of benzene rings is 2. The number of halogens is 3. The Morgan fingerprint density at radius 3 is 2.24 bits per heavy atom. The van der Waals surface area contributed by atoms with E-state index in [2.05, 4.69) is 53.1 Å². The van der Waals surface area contributed by atoms with Gasteiger partial charge in [0.15, 0.2) is 0 Å². The van der Waals surface area contributed by atoms with Crippen LogP contribution in [0.4, 0.5) is 11.4 Å². The monoisotopic (exact) mass is 476 g/mol. The minimum atomic E-state index is -0.546. The zero-order chi connectivity index (χ0) is 15.6. The van der Waals surface area contributed by atoms with E-state index < -0.39 is 10.8 Å². The predicted octanol–water partition coefficient (Wildman–Crippen LogP) is 5.13. The molecule has 0 aromatic heterocycles. The van der Waals surface area contributed by atoms with Crippen molar-refractivity contribution in [2.75, 3.05) is 5.32 Å². The standard InChI is InChI=1S/C13H7Br3N2O3/c14-8-5-4-7(6-11(8)18(20)21)13(19)17-12-9(15)2-1-3-10(12)16/h1-6H,(H,17,19). The quantitative estimate of drug-likeness (QED) is 0.490. The summed E-state index contributed by atoms with van der Waals surface area (Å²) in [6, 6.07) is 9.59. The molecule has 0 fully saturated rings. The molecule has 0 aliphatic rings. The number of carbonyl (C=O) groups is 1. The molecule has 0 aliphatic heterocycles. The summed E-state index contributed by atoms with van der Waals surface area (Å²) in [4.78, 5) is 22.6. The zero-order valence-corrected chi connectivity index (χ0v) is 15.0. The third-order valence-electron chi connectivity index (χ3n) is 2.61. The Morgan fingerprint density at radius 2 is 1.67 bits per heavy atom. The molecule has 2 rings (SSSR count). The van der Waals surface area contributed by atoms with E-state index in [-0.39, 0.29) is 11.3 Å². The predicted molar refractivity (Wildman–Crippen MR) is 90.6 cm³/mol. The van der Waals surface area contributed by atoms with Crippen LogP contribution in [0.5, 0.6) is 0 Å². The summed E-state index contributed by atoms with van der Waals surface area (Å²) in [7, 11) is 0.